The quantitative estimate of drug-likeness (QED) is 0.297. The smallest absolute Gasteiger partial charge is 0.255 e. The van der Waals surface area contributed by atoms with E-state index in [0.29, 0.717) is 16.6 Å². The fourth-order valence-electron chi connectivity index (χ4n) is 5.73. The van der Waals surface area contributed by atoms with E-state index in [0.717, 1.165) is 5.39 Å². The van der Waals surface area contributed by atoms with Gasteiger partial charge in [0.15, 0.2) is 11.4 Å². The maximum atomic E-state index is 13.6. The molecular weight excluding hydrogens is 428 g/mol. The lowest BCUT2D eigenvalue weighted by atomic mass is 9.60. The molecule has 0 heterocycles. The Labute approximate surface area is 187 Å². The molecule has 0 saturated carbocycles. The van der Waals surface area contributed by atoms with Crippen LogP contribution in [0.4, 0.5) is 5.69 Å². The molecular formula is C24H22N2O7. The number of anilines is 1. The minimum absolute atomic E-state index is 0.00493. The zero-order chi connectivity index (χ0) is 23.8. The largest absolute Gasteiger partial charge is 0.511 e. The first kappa shape index (κ1) is 21.0. The maximum Gasteiger partial charge on any atom is 0.255 e. The lowest BCUT2D eigenvalue weighted by molar-refractivity contribution is -0.144. The van der Waals surface area contributed by atoms with Crippen molar-refractivity contribution in [3.63, 3.8) is 0 Å². The van der Waals surface area contributed by atoms with Crippen molar-refractivity contribution >= 4 is 33.9 Å². The molecule has 3 atom stereocenters. The van der Waals surface area contributed by atoms with E-state index in [1.807, 2.05) is 12.1 Å². The Morgan fingerprint density at radius 2 is 1.79 bits per heavy atom. The van der Waals surface area contributed by atoms with Crippen molar-refractivity contribution in [1.82, 2.24) is 0 Å². The molecule has 0 bridgehead atoms. The Hall–Kier alpha value is -3.85. The van der Waals surface area contributed by atoms with Gasteiger partial charge in [0, 0.05) is 41.4 Å². The van der Waals surface area contributed by atoms with Crippen LogP contribution in [0.1, 0.15) is 28.8 Å². The number of aliphatic hydroxyl groups excluding tert-OH is 2. The van der Waals surface area contributed by atoms with Gasteiger partial charge >= 0.3 is 0 Å². The van der Waals surface area contributed by atoms with Gasteiger partial charge in [-0.2, -0.15) is 0 Å². The van der Waals surface area contributed by atoms with Crippen LogP contribution in [0.25, 0.3) is 10.8 Å². The van der Waals surface area contributed by atoms with Crippen LogP contribution in [0.5, 0.6) is 5.75 Å². The summed E-state index contributed by atoms with van der Waals surface area (Å²) in [5, 5.41) is 47.8. The third-order valence-corrected chi connectivity index (χ3v) is 7.20. The van der Waals surface area contributed by atoms with E-state index in [9.17, 15) is 34.8 Å². The van der Waals surface area contributed by atoms with E-state index >= 15 is 0 Å². The van der Waals surface area contributed by atoms with Crippen molar-refractivity contribution in [2.75, 3.05) is 12.4 Å². The van der Waals surface area contributed by atoms with Gasteiger partial charge in [-0.3, -0.25) is 14.4 Å². The Morgan fingerprint density at radius 1 is 1.12 bits per heavy atom. The van der Waals surface area contributed by atoms with Gasteiger partial charge in [-0.1, -0.05) is 24.3 Å². The summed E-state index contributed by atoms with van der Waals surface area (Å²) < 4.78 is 0. The number of nitrogens with two attached hydrogens (primary N) is 1. The summed E-state index contributed by atoms with van der Waals surface area (Å²) in [5.41, 5.74) is 2.93. The number of aromatic hydroxyl groups is 1. The second kappa shape index (κ2) is 6.82. The minimum Gasteiger partial charge on any atom is -0.511 e. The molecule has 170 valence electrons. The molecule has 9 nitrogen and oxygen atoms in total. The standard InChI is InChI=1S/C24H22N2O7/c1-26-18-11-4-2-3-5-12(11)19(28)16-13(18)7-9-6-10-8-14(27)17(23(25)32)22(31)24(10,33)21(30)15(9)20(16)29/h2-5,9-10,26-28,30,33H,6-8H2,1H3,(H2,25,32)/t9?,10-,24-/m0/s1. The Bertz CT molecular complexity index is 1360. The van der Waals surface area contributed by atoms with Crippen molar-refractivity contribution in [2.45, 2.75) is 24.9 Å². The zero-order valence-corrected chi connectivity index (χ0v) is 17.7. The average Bonchev–Trinajstić information content (AvgIpc) is 2.76. The second-order valence-electron chi connectivity index (χ2n) is 8.78. The van der Waals surface area contributed by atoms with Crippen molar-refractivity contribution in [2.24, 2.45) is 17.6 Å². The number of aliphatic hydroxyl groups is 3. The Kier molecular flexibility index (Phi) is 4.35. The monoisotopic (exact) mass is 450 g/mol. The summed E-state index contributed by atoms with van der Waals surface area (Å²) in [7, 11) is 1.71. The third kappa shape index (κ3) is 2.53. The van der Waals surface area contributed by atoms with E-state index in [4.69, 9.17) is 5.73 Å². The highest BCUT2D eigenvalue weighted by molar-refractivity contribution is 6.25. The fourth-order valence-corrected chi connectivity index (χ4v) is 5.73. The van der Waals surface area contributed by atoms with Gasteiger partial charge in [-0.25, -0.2) is 0 Å². The summed E-state index contributed by atoms with van der Waals surface area (Å²) in [5.74, 6) is -6.33. The van der Waals surface area contributed by atoms with Gasteiger partial charge in [0.05, 0.1) is 5.56 Å². The zero-order valence-electron chi connectivity index (χ0n) is 17.7. The van der Waals surface area contributed by atoms with Gasteiger partial charge < -0.3 is 31.5 Å². The molecule has 3 aliphatic rings. The number of rotatable bonds is 2. The van der Waals surface area contributed by atoms with Crippen LogP contribution >= 0.6 is 0 Å². The van der Waals surface area contributed by atoms with Gasteiger partial charge in [0.1, 0.15) is 22.8 Å². The summed E-state index contributed by atoms with van der Waals surface area (Å²) >= 11 is 0. The SMILES string of the molecule is CNc1c2c(c(O)c3ccccc13)C(=O)C1=C(O)[C@]3(O)C(=O)C(C(N)=O)=C(O)C[C@@H]3CC1C2. The Balaban J connectivity index is 1.75. The number of fused-ring (bicyclic) bond motifs is 4. The van der Waals surface area contributed by atoms with Gasteiger partial charge in [0.2, 0.25) is 5.78 Å². The van der Waals surface area contributed by atoms with Crippen molar-refractivity contribution in [3.05, 3.63) is 58.1 Å². The molecule has 0 spiro atoms. The molecule has 5 rings (SSSR count). The van der Waals surface area contributed by atoms with Crippen LogP contribution in [-0.2, 0) is 16.0 Å². The molecule has 0 aliphatic heterocycles. The predicted octanol–water partition coefficient (Wildman–Crippen LogP) is 1.78. The summed E-state index contributed by atoms with van der Waals surface area (Å²) in [4.78, 5) is 38.3. The molecule has 7 N–H and O–H groups in total. The van der Waals surface area contributed by atoms with E-state index in [1.165, 1.54) is 0 Å². The number of hydrogen-bond donors (Lipinski definition) is 6. The van der Waals surface area contributed by atoms with Crippen LogP contribution in [0, 0.1) is 11.8 Å². The number of carbonyl (C=O) groups is 3. The molecule has 0 aromatic heterocycles. The normalized spacial score (nSPS) is 26.7. The van der Waals surface area contributed by atoms with E-state index < -0.39 is 52.0 Å². The first-order chi connectivity index (χ1) is 15.6. The summed E-state index contributed by atoms with van der Waals surface area (Å²) in [6.45, 7) is 0. The third-order valence-electron chi connectivity index (χ3n) is 7.20. The van der Waals surface area contributed by atoms with Crippen LogP contribution in [0.15, 0.2) is 46.9 Å². The number of phenolic OH excluding ortho intramolecular Hbond substituents is 1. The maximum absolute atomic E-state index is 13.6. The van der Waals surface area contributed by atoms with E-state index in [2.05, 4.69) is 5.32 Å². The Morgan fingerprint density at radius 3 is 2.42 bits per heavy atom. The number of nitrogens with one attached hydrogen (secondary N) is 1. The average molecular weight is 450 g/mol. The van der Waals surface area contributed by atoms with E-state index in [1.54, 1.807) is 19.2 Å². The van der Waals surface area contributed by atoms with Crippen LogP contribution in [0.2, 0.25) is 0 Å². The van der Waals surface area contributed by atoms with Crippen molar-refractivity contribution < 1.29 is 34.8 Å². The molecule has 3 aliphatic carbocycles. The molecule has 33 heavy (non-hydrogen) atoms. The molecule has 1 amide bonds. The second-order valence-corrected chi connectivity index (χ2v) is 8.78. The minimum atomic E-state index is -2.56. The number of hydrogen-bond acceptors (Lipinski definition) is 8. The molecule has 1 unspecified atom stereocenters. The highest BCUT2D eigenvalue weighted by Gasteiger charge is 2.59. The lowest BCUT2D eigenvalue weighted by Crippen LogP contribution is -2.57. The highest BCUT2D eigenvalue weighted by Crippen LogP contribution is 2.53. The van der Waals surface area contributed by atoms with Crippen LogP contribution in [-0.4, -0.2) is 50.5 Å². The highest BCUT2D eigenvalue weighted by atomic mass is 16.3. The molecule has 2 aromatic carbocycles. The molecule has 9 heteroatoms. The van der Waals surface area contributed by atoms with Gasteiger partial charge in [-0.05, 0) is 24.3 Å². The number of phenols is 1. The number of Topliss-reactive ketones (excluding diaryl/α,β-unsaturated/α-hetero) is 2. The van der Waals surface area contributed by atoms with Crippen molar-refractivity contribution in [3.8, 4) is 5.75 Å². The fraction of sp³-hybridized carbons (Fsp3) is 0.292. The predicted molar refractivity (Wildman–Crippen MR) is 118 cm³/mol. The van der Waals surface area contributed by atoms with Gasteiger partial charge in [-0.15, -0.1) is 0 Å². The summed E-state index contributed by atoms with van der Waals surface area (Å²) in [6, 6.07) is 7.03. The molecule has 0 fully saturated rings. The first-order valence-electron chi connectivity index (χ1n) is 10.5. The number of benzene rings is 2. The number of carbonyl (C=O) groups excluding carboxylic acids is 3. The van der Waals surface area contributed by atoms with Gasteiger partial charge in [0.25, 0.3) is 5.91 Å². The van der Waals surface area contributed by atoms with Crippen LogP contribution in [0.3, 0.4) is 0 Å². The number of amides is 1. The lowest BCUT2D eigenvalue weighted by Gasteiger charge is -2.45. The van der Waals surface area contributed by atoms with E-state index in [-0.39, 0.29) is 36.1 Å². The molecule has 0 saturated heterocycles. The first-order valence-corrected chi connectivity index (χ1v) is 10.5. The molecule has 2 aromatic rings. The number of allylic oxidation sites excluding steroid dienone is 2. The topological polar surface area (TPSA) is 170 Å². The van der Waals surface area contributed by atoms with Crippen LogP contribution < -0.4 is 11.1 Å². The van der Waals surface area contributed by atoms with Crippen molar-refractivity contribution in [1.29, 1.82) is 0 Å². The number of primary amides is 1. The molecule has 0 radical (unpaired) electrons. The number of ketones is 2. The summed E-state index contributed by atoms with van der Waals surface area (Å²) in [6.07, 6.45) is 0.0971.